The molecule has 230 valence electrons. The van der Waals surface area contributed by atoms with Gasteiger partial charge in [-0.2, -0.15) is 0 Å². The number of para-hydroxylation sites is 1. The van der Waals surface area contributed by atoms with E-state index in [0.717, 1.165) is 17.1 Å². The largest absolute Gasteiger partial charge is 0.310 e. The average Bonchev–Trinajstić information content (AvgIpc) is 3.18. The normalized spacial score (nSPS) is 11.3. The summed E-state index contributed by atoms with van der Waals surface area (Å²) < 4.78 is 0. The minimum Gasteiger partial charge on any atom is -0.310 e. The van der Waals surface area contributed by atoms with Crippen molar-refractivity contribution >= 4 is 49.4 Å². The average molecular weight is 624 g/mol. The second kappa shape index (κ2) is 12.3. The van der Waals surface area contributed by atoms with Gasteiger partial charge in [-0.15, -0.1) is 0 Å². The molecule has 9 rings (SSSR count). The van der Waals surface area contributed by atoms with Crippen molar-refractivity contribution in [3.63, 3.8) is 0 Å². The molecule has 0 radical (unpaired) electrons. The number of anilines is 3. The predicted molar refractivity (Wildman–Crippen MR) is 210 cm³/mol. The Morgan fingerprint density at radius 2 is 0.796 bits per heavy atom. The highest BCUT2D eigenvalue weighted by Crippen LogP contribution is 2.43. The second-order valence-electron chi connectivity index (χ2n) is 12.6. The lowest BCUT2D eigenvalue weighted by Crippen LogP contribution is -2.11. The first-order valence-electron chi connectivity index (χ1n) is 16.8. The third kappa shape index (κ3) is 5.32. The molecule has 0 unspecified atom stereocenters. The molecular formula is C48H33N. The van der Waals surface area contributed by atoms with Crippen LogP contribution in [-0.2, 0) is 0 Å². The van der Waals surface area contributed by atoms with Crippen LogP contribution in [0.25, 0.3) is 65.7 Å². The molecule has 0 aliphatic carbocycles. The van der Waals surface area contributed by atoms with Gasteiger partial charge in [-0.1, -0.05) is 158 Å². The highest BCUT2D eigenvalue weighted by Gasteiger charge is 2.19. The summed E-state index contributed by atoms with van der Waals surface area (Å²) in [5.41, 5.74) is 10.6. The van der Waals surface area contributed by atoms with Crippen LogP contribution in [0.4, 0.5) is 17.1 Å². The van der Waals surface area contributed by atoms with Crippen molar-refractivity contribution in [2.24, 2.45) is 0 Å². The van der Waals surface area contributed by atoms with E-state index >= 15 is 0 Å². The van der Waals surface area contributed by atoms with Crippen LogP contribution in [-0.4, -0.2) is 0 Å². The second-order valence-corrected chi connectivity index (χ2v) is 12.6. The van der Waals surface area contributed by atoms with Crippen molar-refractivity contribution in [2.75, 3.05) is 4.90 Å². The quantitative estimate of drug-likeness (QED) is 0.167. The van der Waals surface area contributed by atoms with Crippen molar-refractivity contribution in [1.29, 1.82) is 0 Å². The SMILES string of the molecule is c1ccc(-c2cc(-c3ccc4c(ccc5ccccc54)c3)ccc2N(c2ccccc2)c2ccc(-c3cccc4ccccc34)cc2)cc1. The highest BCUT2D eigenvalue weighted by molar-refractivity contribution is 6.08. The van der Waals surface area contributed by atoms with Crippen LogP contribution in [0.3, 0.4) is 0 Å². The Labute approximate surface area is 287 Å². The van der Waals surface area contributed by atoms with Gasteiger partial charge in [0.15, 0.2) is 0 Å². The summed E-state index contributed by atoms with van der Waals surface area (Å²) in [6.07, 6.45) is 0. The van der Waals surface area contributed by atoms with Gasteiger partial charge in [0.1, 0.15) is 0 Å². The van der Waals surface area contributed by atoms with E-state index in [2.05, 4.69) is 205 Å². The van der Waals surface area contributed by atoms with E-state index in [4.69, 9.17) is 0 Å². The maximum absolute atomic E-state index is 2.38. The number of nitrogens with zero attached hydrogens (tertiary/aromatic N) is 1. The molecule has 0 atom stereocenters. The lowest BCUT2D eigenvalue weighted by molar-refractivity contribution is 1.28. The molecule has 0 spiro atoms. The number of hydrogen-bond donors (Lipinski definition) is 0. The Morgan fingerprint density at radius 1 is 0.265 bits per heavy atom. The molecule has 49 heavy (non-hydrogen) atoms. The molecule has 0 N–H and O–H groups in total. The van der Waals surface area contributed by atoms with Gasteiger partial charge in [0, 0.05) is 16.9 Å². The number of rotatable bonds is 6. The molecule has 9 aromatic rings. The summed E-state index contributed by atoms with van der Waals surface area (Å²) in [5, 5.41) is 7.60. The first-order chi connectivity index (χ1) is 24.3. The van der Waals surface area contributed by atoms with Crippen LogP contribution in [0, 0.1) is 0 Å². The minimum absolute atomic E-state index is 1.11. The smallest absolute Gasteiger partial charge is 0.0540 e. The van der Waals surface area contributed by atoms with Gasteiger partial charge in [0.25, 0.3) is 0 Å². The standard InChI is InChI=1S/C48H33N/c1-3-12-35(13-4-1)47-33-39(38-26-30-46-40(32-38)23-22-36-15-8-10-20-44(36)46)27-31-48(47)49(41-17-5-2-6-18-41)42-28-24-37(25-29-42)45-21-11-16-34-14-7-9-19-43(34)45/h1-33H. The van der Waals surface area contributed by atoms with E-state index < -0.39 is 0 Å². The van der Waals surface area contributed by atoms with Crippen LogP contribution >= 0.6 is 0 Å². The fourth-order valence-corrected chi connectivity index (χ4v) is 7.22. The Morgan fingerprint density at radius 3 is 1.59 bits per heavy atom. The molecule has 0 amide bonds. The Bertz CT molecular complexity index is 2580. The molecule has 0 fully saturated rings. The Balaban J connectivity index is 1.18. The first-order valence-corrected chi connectivity index (χ1v) is 16.8. The van der Waals surface area contributed by atoms with Crippen molar-refractivity contribution in [3.05, 3.63) is 200 Å². The molecule has 0 heterocycles. The van der Waals surface area contributed by atoms with E-state index in [-0.39, 0.29) is 0 Å². The van der Waals surface area contributed by atoms with Crippen molar-refractivity contribution in [3.8, 4) is 33.4 Å². The van der Waals surface area contributed by atoms with Crippen molar-refractivity contribution < 1.29 is 0 Å². The molecule has 9 aromatic carbocycles. The molecule has 1 nitrogen and oxygen atoms in total. The fourth-order valence-electron chi connectivity index (χ4n) is 7.22. The van der Waals surface area contributed by atoms with E-state index in [0.29, 0.717) is 0 Å². The predicted octanol–water partition coefficient (Wildman–Crippen LogP) is 13.6. The molecular weight excluding hydrogens is 591 g/mol. The highest BCUT2D eigenvalue weighted by atomic mass is 15.1. The third-order valence-corrected chi connectivity index (χ3v) is 9.64. The minimum atomic E-state index is 1.11. The van der Waals surface area contributed by atoms with Gasteiger partial charge in [-0.25, -0.2) is 0 Å². The summed E-state index contributed by atoms with van der Waals surface area (Å²) in [6, 6.07) is 72.5. The molecule has 0 saturated heterocycles. The van der Waals surface area contributed by atoms with E-state index in [1.165, 1.54) is 65.7 Å². The number of hydrogen-bond acceptors (Lipinski definition) is 1. The van der Waals surface area contributed by atoms with E-state index in [1.54, 1.807) is 0 Å². The van der Waals surface area contributed by atoms with Gasteiger partial charge in [0.2, 0.25) is 0 Å². The van der Waals surface area contributed by atoms with Crippen LogP contribution in [0.1, 0.15) is 0 Å². The summed E-state index contributed by atoms with van der Waals surface area (Å²) in [5.74, 6) is 0. The fraction of sp³-hybridized carbons (Fsp3) is 0. The Kier molecular flexibility index (Phi) is 7.22. The van der Waals surface area contributed by atoms with Crippen LogP contribution in [0.15, 0.2) is 200 Å². The van der Waals surface area contributed by atoms with Crippen LogP contribution in [0.2, 0.25) is 0 Å². The third-order valence-electron chi connectivity index (χ3n) is 9.64. The van der Waals surface area contributed by atoms with Crippen LogP contribution < -0.4 is 4.90 Å². The summed E-state index contributed by atoms with van der Waals surface area (Å²) in [7, 11) is 0. The number of benzene rings is 9. The Hall–Kier alpha value is -6.44. The van der Waals surface area contributed by atoms with Crippen molar-refractivity contribution in [2.45, 2.75) is 0 Å². The van der Waals surface area contributed by atoms with E-state index in [1.807, 2.05) is 0 Å². The molecule has 0 bridgehead atoms. The van der Waals surface area contributed by atoms with Gasteiger partial charge < -0.3 is 4.90 Å². The summed E-state index contributed by atoms with van der Waals surface area (Å²) in [6.45, 7) is 0. The van der Waals surface area contributed by atoms with Gasteiger partial charge in [-0.05, 0) is 103 Å². The zero-order valence-electron chi connectivity index (χ0n) is 27.0. The van der Waals surface area contributed by atoms with Gasteiger partial charge in [-0.3, -0.25) is 0 Å². The van der Waals surface area contributed by atoms with Crippen molar-refractivity contribution in [1.82, 2.24) is 0 Å². The maximum Gasteiger partial charge on any atom is 0.0540 e. The first kappa shape index (κ1) is 28.8. The maximum atomic E-state index is 2.38. The molecule has 1 heteroatoms. The van der Waals surface area contributed by atoms with Gasteiger partial charge >= 0.3 is 0 Å². The molecule has 0 aliphatic rings. The number of fused-ring (bicyclic) bond motifs is 4. The summed E-state index contributed by atoms with van der Waals surface area (Å²) in [4.78, 5) is 2.38. The lowest BCUT2D eigenvalue weighted by Gasteiger charge is -2.28. The molecule has 0 aliphatic heterocycles. The molecule has 0 aromatic heterocycles. The van der Waals surface area contributed by atoms with Crippen LogP contribution in [0.5, 0.6) is 0 Å². The lowest BCUT2D eigenvalue weighted by atomic mass is 9.94. The topological polar surface area (TPSA) is 3.24 Å². The van der Waals surface area contributed by atoms with E-state index in [9.17, 15) is 0 Å². The summed E-state index contributed by atoms with van der Waals surface area (Å²) >= 11 is 0. The zero-order chi connectivity index (χ0) is 32.6. The zero-order valence-corrected chi connectivity index (χ0v) is 27.0. The van der Waals surface area contributed by atoms with Gasteiger partial charge in [0.05, 0.1) is 5.69 Å². The molecule has 0 saturated carbocycles. The monoisotopic (exact) mass is 623 g/mol.